The highest BCUT2D eigenvalue weighted by molar-refractivity contribution is 7.90. The number of aryl methyl sites for hydroxylation is 1. The molecule has 0 spiro atoms. The first-order valence-corrected chi connectivity index (χ1v) is 11.3. The molecule has 0 saturated heterocycles. The van der Waals surface area contributed by atoms with Crippen LogP contribution in [0, 0.1) is 6.92 Å². The number of rotatable bonds is 7. The second-order valence-corrected chi connectivity index (χ2v) is 9.65. The van der Waals surface area contributed by atoms with Crippen LogP contribution in [0.25, 0.3) is 0 Å². The number of benzene rings is 3. The largest absolute Gasteiger partial charge is 0.341 e. The van der Waals surface area contributed by atoms with Crippen LogP contribution in [-0.2, 0) is 10.2 Å². The van der Waals surface area contributed by atoms with Crippen LogP contribution in [0.1, 0.15) is 33.1 Å². The third-order valence-corrected chi connectivity index (χ3v) is 7.03. The Morgan fingerprint density at radius 3 is 2.00 bits per heavy atom. The average Bonchev–Trinajstić information content (AvgIpc) is 2.78. The van der Waals surface area contributed by atoms with Gasteiger partial charge >= 0.3 is 10.2 Å². The van der Waals surface area contributed by atoms with Crippen LogP contribution >= 0.6 is 0 Å². The second kappa shape index (κ2) is 9.32. The topological polar surface area (TPSA) is 69.7 Å². The predicted octanol–water partition coefficient (Wildman–Crippen LogP) is 3.76. The van der Waals surface area contributed by atoms with Gasteiger partial charge in [-0.3, -0.25) is 9.10 Å². The van der Waals surface area contributed by atoms with Crippen LogP contribution in [0.15, 0.2) is 78.9 Å². The molecular formula is C24H27N3O3S. The maximum Gasteiger partial charge on any atom is 0.303 e. The lowest BCUT2D eigenvalue weighted by Gasteiger charge is -2.24. The van der Waals surface area contributed by atoms with Crippen LogP contribution < -0.4 is 9.62 Å². The van der Waals surface area contributed by atoms with Crippen molar-refractivity contribution in [1.29, 1.82) is 0 Å². The lowest BCUT2D eigenvalue weighted by Crippen LogP contribution is -2.37. The molecule has 0 aliphatic carbocycles. The Morgan fingerprint density at radius 2 is 1.42 bits per heavy atom. The van der Waals surface area contributed by atoms with E-state index in [-0.39, 0.29) is 11.9 Å². The Kier molecular flexibility index (Phi) is 6.77. The van der Waals surface area contributed by atoms with Gasteiger partial charge < -0.3 is 5.32 Å². The van der Waals surface area contributed by atoms with Crippen molar-refractivity contribution in [2.45, 2.75) is 13.0 Å². The summed E-state index contributed by atoms with van der Waals surface area (Å²) in [6.45, 7) is 2.02. The summed E-state index contributed by atoms with van der Waals surface area (Å²) in [5.41, 5.74) is 4.02. The fourth-order valence-electron chi connectivity index (χ4n) is 3.31. The van der Waals surface area contributed by atoms with Crippen LogP contribution in [0.5, 0.6) is 0 Å². The molecule has 1 amide bonds. The van der Waals surface area contributed by atoms with Gasteiger partial charge in [0.25, 0.3) is 5.91 Å². The monoisotopic (exact) mass is 437 g/mol. The molecular weight excluding hydrogens is 410 g/mol. The number of nitrogens with one attached hydrogen (secondary N) is 1. The molecule has 0 unspecified atom stereocenters. The van der Waals surface area contributed by atoms with E-state index in [1.165, 1.54) is 25.4 Å². The molecule has 0 saturated carbocycles. The Morgan fingerprint density at radius 1 is 0.839 bits per heavy atom. The van der Waals surface area contributed by atoms with Crippen LogP contribution in [-0.4, -0.2) is 39.8 Å². The Labute approximate surface area is 184 Å². The molecule has 0 aliphatic rings. The van der Waals surface area contributed by atoms with Crippen molar-refractivity contribution in [1.82, 2.24) is 9.62 Å². The zero-order chi connectivity index (χ0) is 22.6. The van der Waals surface area contributed by atoms with Gasteiger partial charge in [0.1, 0.15) is 0 Å². The van der Waals surface area contributed by atoms with Crippen molar-refractivity contribution in [2.24, 2.45) is 0 Å². The summed E-state index contributed by atoms with van der Waals surface area (Å²) < 4.78 is 26.9. The first-order valence-electron chi connectivity index (χ1n) is 9.89. The normalized spacial score (nSPS) is 12.4. The van der Waals surface area contributed by atoms with E-state index >= 15 is 0 Å². The van der Waals surface area contributed by atoms with Crippen LogP contribution in [0.4, 0.5) is 5.69 Å². The van der Waals surface area contributed by atoms with Gasteiger partial charge in [0, 0.05) is 26.7 Å². The minimum absolute atomic E-state index is 0.234. The van der Waals surface area contributed by atoms with Gasteiger partial charge in [-0.1, -0.05) is 54.6 Å². The summed E-state index contributed by atoms with van der Waals surface area (Å²) in [7, 11) is 0.838. The van der Waals surface area contributed by atoms with Crippen molar-refractivity contribution >= 4 is 21.8 Å². The average molecular weight is 438 g/mol. The van der Waals surface area contributed by atoms with E-state index in [0.29, 0.717) is 11.3 Å². The third-order valence-electron chi connectivity index (χ3n) is 5.21. The standard InChI is InChI=1S/C24H27N3O3S/c1-18-10-8-9-13-22(18)23(19-11-6-5-7-12-19)25-24(28)20-14-16-21(17-15-20)27(4)31(29,30)26(2)3/h5-17,23H,1-4H3,(H,25,28)/t23-/m1/s1. The fraction of sp³-hybridized carbons (Fsp3) is 0.208. The first-order chi connectivity index (χ1) is 14.7. The van der Waals surface area contributed by atoms with Crippen molar-refractivity contribution in [3.05, 3.63) is 101 Å². The third kappa shape index (κ3) is 4.95. The summed E-state index contributed by atoms with van der Waals surface area (Å²) in [6.07, 6.45) is 0. The fourth-order valence-corrected chi connectivity index (χ4v) is 4.19. The van der Waals surface area contributed by atoms with Crippen molar-refractivity contribution in [2.75, 3.05) is 25.4 Å². The van der Waals surface area contributed by atoms with Gasteiger partial charge in [-0.05, 0) is 47.9 Å². The van der Waals surface area contributed by atoms with Crippen LogP contribution in [0.2, 0.25) is 0 Å². The molecule has 0 fully saturated rings. The minimum atomic E-state index is -3.59. The molecule has 1 atom stereocenters. The van der Waals surface area contributed by atoms with Gasteiger partial charge in [-0.15, -0.1) is 0 Å². The van der Waals surface area contributed by atoms with Crippen molar-refractivity contribution in [3.8, 4) is 0 Å². The number of hydrogen-bond acceptors (Lipinski definition) is 3. The van der Waals surface area contributed by atoms with Gasteiger partial charge in [0.2, 0.25) is 0 Å². The van der Waals surface area contributed by atoms with E-state index in [2.05, 4.69) is 5.32 Å². The van der Waals surface area contributed by atoms with E-state index in [1.54, 1.807) is 24.3 Å². The molecule has 0 aliphatic heterocycles. The van der Waals surface area contributed by atoms with E-state index in [4.69, 9.17) is 0 Å². The summed E-state index contributed by atoms with van der Waals surface area (Å²) >= 11 is 0. The highest BCUT2D eigenvalue weighted by Crippen LogP contribution is 2.26. The van der Waals surface area contributed by atoms with E-state index in [1.807, 2.05) is 61.5 Å². The SMILES string of the molecule is Cc1ccccc1[C@H](NC(=O)c1ccc(N(C)S(=O)(=O)N(C)C)cc1)c1ccccc1. The second-order valence-electron chi connectivity index (χ2n) is 7.48. The van der Waals surface area contributed by atoms with E-state index < -0.39 is 10.2 Å². The van der Waals surface area contributed by atoms with Gasteiger partial charge in [0.05, 0.1) is 11.7 Å². The highest BCUT2D eigenvalue weighted by atomic mass is 32.2. The van der Waals surface area contributed by atoms with Gasteiger partial charge in [-0.2, -0.15) is 12.7 Å². The molecule has 3 aromatic rings. The minimum Gasteiger partial charge on any atom is -0.341 e. The Balaban J connectivity index is 1.87. The number of carbonyl (C=O) groups excluding carboxylic acids is 1. The molecule has 6 nitrogen and oxygen atoms in total. The smallest absolute Gasteiger partial charge is 0.303 e. The molecule has 0 heterocycles. The molecule has 7 heteroatoms. The number of amides is 1. The number of nitrogens with zero attached hydrogens (tertiary/aromatic N) is 2. The maximum absolute atomic E-state index is 13.0. The van der Waals surface area contributed by atoms with E-state index in [0.717, 1.165) is 21.0 Å². The van der Waals surface area contributed by atoms with Gasteiger partial charge in [-0.25, -0.2) is 0 Å². The van der Waals surface area contributed by atoms with E-state index in [9.17, 15) is 13.2 Å². The zero-order valence-corrected chi connectivity index (χ0v) is 18.9. The molecule has 3 aromatic carbocycles. The molecule has 1 N–H and O–H groups in total. The molecule has 0 aromatic heterocycles. The summed E-state index contributed by atoms with van der Waals surface area (Å²) in [5, 5.41) is 3.12. The molecule has 3 rings (SSSR count). The van der Waals surface area contributed by atoms with Crippen LogP contribution in [0.3, 0.4) is 0 Å². The Hall–Kier alpha value is -3.16. The molecule has 31 heavy (non-hydrogen) atoms. The summed E-state index contributed by atoms with van der Waals surface area (Å²) in [5.74, 6) is -0.234. The van der Waals surface area contributed by atoms with Crippen molar-refractivity contribution in [3.63, 3.8) is 0 Å². The molecule has 162 valence electrons. The zero-order valence-electron chi connectivity index (χ0n) is 18.1. The quantitative estimate of drug-likeness (QED) is 0.612. The maximum atomic E-state index is 13.0. The first kappa shape index (κ1) is 22.5. The van der Waals surface area contributed by atoms with Crippen molar-refractivity contribution < 1.29 is 13.2 Å². The number of anilines is 1. The molecule has 0 bridgehead atoms. The Bertz CT molecular complexity index is 1140. The summed E-state index contributed by atoms with van der Waals surface area (Å²) in [4.78, 5) is 13.0. The molecule has 0 radical (unpaired) electrons. The van der Waals surface area contributed by atoms with Gasteiger partial charge in [0.15, 0.2) is 0 Å². The lowest BCUT2D eigenvalue weighted by molar-refractivity contribution is 0.0943. The lowest BCUT2D eigenvalue weighted by atomic mass is 9.94. The highest BCUT2D eigenvalue weighted by Gasteiger charge is 2.22. The number of hydrogen-bond donors (Lipinski definition) is 1. The predicted molar refractivity (Wildman–Crippen MR) is 124 cm³/mol. The summed E-state index contributed by atoms with van der Waals surface area (Å²) in [6, 6.07) is 24.0. The number of carbonyl (C=O) groups is 1.